The highest BCUT2D eigenvalue weighted by Gasteiger charge is 1.84. The fourth-order valence-electron chi connectivity index (χ4n) is 0.589. The van der Waals surface area contributed by atoms with E-state index in [2.05, 4.69) is 5.32 Å². The molecule has 9 heavy (non-hydrogen) atoms. The first-order valence-electron chi connectivity index (χ1n) is 3.43. The molecule has 0 radical (unpaired) electrons. The maximum Gasteiger partial charge on any atom is 0.0431 e. The van der Waals surface area contributed by atoms with Crippen LogP contribution >= 0.6 is 0 Å². The van der Waals surface area contributed by atoms with E-state index in [0.717, 1.165) is 25.9 Å². The normalized spacial score (nSPS) is 10.0. The number of nitrogens with one attached hydrogen (secondary N) is 1. The summed E-state index contributed by atoms with van der Waals surface area (Å²) in [5.74, 6) is 0. The van der Waals surface area contributed by atoms with Crippen LogP contribution in [0.1, 0.15) is 12.8 Å². The summed E-state index contributed by atoms with van der Waals surface area (Å²) in [7, 11) is 0. The van der Waals surface area contributed by atoms with Gasteiger partial charge < -0.3 is 16.2 Å². The summed E-state index contributed by atoms with van der Waals surface area (Å²) in [5, 5.41) is 11.5. The first-order valence-corrected chi connectivity index (χ1v) is 3.43. The Morgan fingerprint density at radius 3 is 2.56 bits per heavy atom. The van der Waals surface area contributed by atoms with Crippen molar-refractivity contribution in [3.63, 3.8) is 0 Å². The molecule has 0 aliphatic rings. The number of rotatable bonds is 6. The summed E-state index contributed by atoms with van der Waals surface area (Å²) in [6, 6.07) is 0. The summed E-state index contributed by atoms with van der Waals surface area (Å²) in [6.45, 7) is 2.84. The quantitative estimate of drug-likeness (QED) is 0.419. The zero-order chi connectivity index (χ0) is 6.95. The highest BCUT2D eigenvalue weighted by molar-refractivity contribution is 4.46. The lowest BCUT2D eigenvalue weighted by atomic mass is 10.3. The van der Waals surface area contributed by atoms with Crippen LogP contribution in [-0.4, -0.2) is 31.3 Å². The molecule has 0 amide bonds. The number of hydrogen-bond acceptors (Lipinski definition) is 3. The minimum Gasteiger partial charge on any atom is -0.396 e. The summed E-state index contributed by atoms with van der Waals surface area (Å²) in [6.07, 6.45) is 1.92. The molecule has 3 nitrogen and oxygen atoms in total. The number of aliphatic hydroxyl groups excluding tert-OH is 1. The van der Waals surface area contributed by atoms with Crippen molar-refractivity contribution in [2.45, 2.75) is 12.8 Å². The fourth-order valence-corrected chi connectivity index (χ4v) is 0.589. The molecular formula is C6H16N2O. The van der Waals surface area contributed by atoms with E-state index in [1.165, 1.54) is 0 Å². The van der Waals surface area contributed by atoms with Crippen molar-refractivity contribution in [1.82, 2.24) is 5.32 Å². The van der Waals surface area contributed by atoms with Gasteiger partial charge in [0.1, 0.15) is 0 Å². The Morgan fingerprint density at radius 1 is 1.22 bits per heavy atom. The Labute approximate surface area is 56.2 Å². The number of hydrogen-bond donors (Lipinski definition) is 3. The van der Waals surface area contributed by atoms with Crippen LogP contribution < -0.4 is 11.1 Å². The van der Waals surface area contributed by atoms with E-state index in [-0.39, 0.29) is 0 Å². The molecule has 0 saturated heterocycles. The topological polar surface area (TPSA) is 58.3 Å². The second-order valence-corrected chi connectivity index (χ2v) is 1.97. The van der Waals surface area contributed by atoms with Gasteiger partial charge in [0.25, 0.3) is 0 Å². The number of nitrogens with two attached hydrogens (primary N) is 1. The molecule has 56 valence electrons. The number of aliphatic hydroxyl groups is 1. The van der Waals surface area contributed by atoms with Gasteiger partial charge in [-0.2, -0.15) is 0 Å². The molecular weight excluding hydrogens is 116 g/mol. The van der Waals surface area contributed by atoms with Crippen LogP contribution in [-0.2, 0) is 0 Å². The largest absolute Gasteiger partial charge is 0.396 e. The number of unbranched alkanes of at least 4 members (excludes halogenated alkanes) is 1. The van der Waals surface area contributed by atoms with Gasteiger partial charge in [-0.3, -0.25) is 0 Å². The van der Waals surface area contributed by atoms with Gasteiger partial charge >= 0.3 is 0 Å². The van der Waals surface area contributed by atoms with Crippen LogP contribution in [0.2, 0.25) is 0 Å². The second-order valence-electron chi connectivity index (χ2n) is 1.97. The van der Waals surface area contributed by atoms with E-state index in [9.17, 15) is 0 Å². The predicted octanol–water partition coefficient (Wildman–Crippen LogP) is -0.693. The van der Waals surface area contributed by atoms with Crippen LogP contribution in [0.15, 0.2) is 0 Å². The van der Waals surface area contributed by atoms with Gasteiger partial charge in [-0.1, -0.05) is 0 Å². The third-order valence-corrected chi connectivity index (χ3v) is 1.08. The average Bonchev–Trinajstić information content (AvgIpc) is 1.89. The predicted molar refractivity (Wildman–Crippen MR) is 38.2 cm³/mol. The van der Waals surface area contributed by atoms with Crippen molar-refractivity contribution in [3.8, 4) is 0 Å². The molecule has 0 aromatic heterocycles. The third kappa shape index (κ3) is 7.88. The van der Waals surface area contributed by atoms with Gasteiger partial charge in [-0.25, -0.2) is 0 Å². The molecule has 0 fully saturated rings. The molecule has 0 aromatic rings. The minimum absolute atomic E-state index is 0.296. The fraction of sp³-hybridized carbons (Fsp3) is 1.00. The molecule has 0 saturated carbocycles. The first-order chi connectivity index (χ1) is 4.41. The third-order valence-electron chi connectivity index (χ3n) is 1.08. The van der Waals surface area contributed by atoms with Crippen molar-refractivity contribution in [3.05, 3.63) is 0 Å². The lowest BCUT2D eigenvalue weighted by Gasteiger charge is -1.99. The lowest BCUT2D eigenvalue weighted by molar-refractivity contribution is 0.284. The summed E-state index contributed by atoms with van der Waals surface area (Å²) >= 11 is 0. The SMILES string of the molecule is NCCNCCCCO. The molecule has 0 rings (SSSR count). The smallest absolute Gasteiger partial charge is 0.0431 e. The average molecular weight is 132 g/mol. The second kappa shape index (κ2) is 7.88. The van der Waals surface area contributed by atoms with Gasteiger partial charge in [0.2, 0.25) is 0 Å². The Bertz CT molecular complexity index is 44.3. The first kappa shape index (κ1) is 8.88. The maximum absolute atomic E-state index is 8.37. The Hall–Kier alpha value is -0.120. The standard InChI is InChI=1S/C6H16N2O/c7-3-5-8-4-1-2-6-9/h8-9H,1-7H2. The highest BCUT2D eigenvalue weighted by atomic mass is 16.2. The Kier molecular flexibility index (Phi) is 7.77. The molecule has 0 aliphatic heterocycles. The molecule has 0 aromatic carbocycles. The molecule has 3 heteroatoms. The highest BCUT2D eigenvalue weighted by Crippen LogP contribution is 1.81. The minimum atomic E-state index is 0.296. The Balaban J connectivity index is 2.60. The van der Waals surface area contributed by atoms with Crippen LogP contribution in [0.4, 0.5) is 0 Å². The summed E-state index contributed by atoms with van der Waals surface area (Å²) < 4.78 is 0. The lowest BCUT2D eigenvalue weighted by Crippen LogP contribution is -2.23. The Morgan fingerprint density at radius 2 is 2.00 bits per heavy atom. The van der Waals surface area contributed by atoms with Crippen molar-refractivity contribution in [1.29, 1.82) is 0 Å². The molecule has 0 bridgehead atoms. The molecule has 0 aliphatic carbocycles. The van der Waals surface area contributed by atoms with E-state index in [1.807, 2.05) is 0 Å². The van der Waals surface area contributed by atoms with Crippen molar-refractivity contribution < 1.29 is 5.11 Å². The molecule has 0 spiro atoms. The zero-order valence-electron chi connectivity index (χ0n) is 5.77. The van der Waals surface area contributed by atoms with Gasteiger partial charge in [0.05, 0.1) is 0 Å². The van der Waals surface area contributed by atoms with Gasteiger partial charge in [0.15, 0.2) is 0 Å². The van der Waals surface area contributed by atoms with Gasteiger partial charge in [0, 0.05) is 19.7 Å². The van der Waals surface area contributed by atoms with E-state index in [1.54, 1.807) is 0 Å². The summed E-state index contributed by atoms with van der Waals surface area (Å²) in [4.78, 5) is 0. The molecule has 0 heterocycles. The van der Waals surface area contributed by atoms with Gasteiger partial charge in [-0.15, -0.1) is 0 Å². The van der Waals surface area contributed by atoms with Crippen LogP contribution in [0.3, 0.4) is 0 Å². The van der Waals surface area contributed by atoms with E-state index in [0.29, 0.717) is 13.2 Å². The van der Waals surface area contributed by atoms with Crippen LogP contribution in [0, 0.1) is 0 Å². The summed E-state index contributed by atoms with van der Waals surface area (Å²) in [5.41, 5.74) is 5.23. The zero-order valence-corrected chi connectivity index (χ0v) is 5.77. The monoisotopic (exact) mass is 132 g/mol. The van der Waals surface area contributed by atoms with Crippen molar-refractivity contribution in [2.75, 3.05) is 26.2 Å². The van der Waals surface area contributed by atoms with Crippen LogP contribution in [0.25, 0.3) is 0 Å². The van der Waals surface area contributed by atoms with Crippen molar-refractivity contribution >= 4 is 0 Å². The van der Waals surface area contributed by atoms with E-state index >= 15 is 0 Å². The van der Waals surface area contributed by atoms with Crippen LogP contribution in [0.5, 0.6) is 0 Å². The van der Waals surface area contributed by atoms with Gasteiger partial charge in [-0.05, 0) is 19.4 Å². The van der Waals surface area contributed by atoms with E-state index < -0.39 is 0 Å². The molecule has 4 N–H and O–H groups in total. The molecule has 0 unspecified atom stereocenters. The maximum atomic E-state index is 8.37. The molecule has 0 atom stereocenters. The van der Waals surface area contributed by atoms with Crippen molar-refractivity contribution in [2.24, 2.45) is 5.73 Å². The van der Waals surface area contributed by atoms with E-state index in [4.69, 9.17) is 10.8 Å².